The van der Waals surface area contributed by atoms with Crippen molar-refractivity contribution in [3.8, 4) is 0 Å². The van der Waals surface area contributed by atoms with Crippen LogP contribution in [-0.4, -0.2) is 4.89 Å². The van der Waals surface area contributed by atoms with E-state index in [1.165, 1.54) is 0 Å². The molecule has 0 aliphatic carbocycles. The molecule has 1 N–H and O–H groups in total. The van der Waals surface area contributed by atoms with Crippen LogP contribution in [0.3, 0.4) is 0 Å². The maximum absolute atomic E-state index is 10.6. The van der Waals surface area contributed by atoms with Gasteiger partial charge < -0.3 is 0 Å². The molecule has 1 atom stereocenters. The molecule has 2 nitrogen and oxygen atoms in total. The van der Waals surface area contributed by atoms with Crippen LogP contribution < -0.4 is 5.30 Å². The van der Waals surface area contributed by atoms with Crippen LogP contribution in [0.5, 0.6) is 0 Å². The van der Waals surface area contributed by atoms with Crippen molar-refractivity contribution < 1.29 is 9.46 Å². The molecular weight excluding hydrogens is 171 g/mol. The number of benzene rings is 1. The minimum atomic E-state index is -2.19. The highest BCUT2D eigenvalue weighted by Gasteiger charge is 2.14. The summed E-state index contributed by atoms with van der Waals surface area (Å²) < 4.78 is 10.6. The lowest BCUT2D eigenvalue weighted by Crippen LogP contribution is -1.95. The molecule has 0 aliphatic heterocycles. The van der Waals surface area contributed by atoms with Crippen molar-refractivity contribution in [2.45, 2.75) is 6.42 Å². The SMILES string of the molecule is C=CCc1ccc([P+](=O)O)cc1. The molecule has 62 valence electrons. The molecule has 3 heteroatoms. The van der Waals surface area contributed by atoms with E-state index in [4.69, 9.17) is 4.89 Å². The largest absolute Gasteiger partial charge is 0.546 e. The first-order chi connectivity index (χ1) is 5.74. The Balaban J connectivity index is 2.85. The first kappa shape index (κ1) is 9.11. The van der Waals surface area contributed by atoms with E-state index in [9.17, 15) is 4.57 Å². The predicted octanol–water partition coefficient (Wildman–Crippen LogP) is 1.78. The average molecular weight is 181 g/mol. The summed E-state index contributed by atoms with van der Waals surface area (Å²) in [5.41, 5.74) is 1.10. The average Bonchev–Trinajstić information content (AvgIpc) is 2.06. The number of hydrogen-bond acceptors (Lipinski definition) is 1. The zero-order valence-corrected chi connectivity index (χ0v) is 7.50. The molecule has 1 unspecified atom stereocenters. The summed E-state index contributed by atoms with van der Waals surface area (Å²) in [6, 6.07) is 7.00. The minimum Gasteiger partial charge on any atom is -0.156 e. The highest BCUT2D eigenvalue weighted by Crippen LogP contribution is 2.12. The first-order valence-electron chi connectivity index (χ1n) is 3.60. The smallest absolute Gasteiger partial charge is 0.156 e. The fraction of sp³-hybridized carbons (Fsp3) is 0.111. The van der Waals surface area contributed by atoms with E-state index < -0.39 is 8.03 Å². The quantitative estimate of drug-likeness (QED) is 0.570. The topological polar surface area (TPSA) is 37.3 Å². The molecule has 0 saturated carbocycles. The van der Waals surface area contributed by atoms with Gasteiger partial charge in [-0.15, -0.1) is 6.58 Å². The summed E-state index contributed by atoms with van der Waals surface area (Å²) >= 11 is 0. The highest BCUT2D eigenvalue weighted by molar-refractivity contribution is 7.47. The summed E-state index contributed by atoms with van der Waals surface area (Å²) in [7, 11) is -2.19. The maximum atomic E-state index is 10.6. The van der Waals surface area contributed by atoms with Gasteiger partial charge >= 0.3 is 8.03 Å². The maximum Gasteiger partial charge on any atom is 0.546 e. The van der Waals surface area contributed by atoms with Crippen molar-refractivity contribution in [1.82, 2.24) is 0 Å². The van der Waals surface area contributed by atoms with Gasteiger partial charge in [0.2, 0.25) is 5.30 Å². The van der Waals surface area contributed by atoms with Gasteiger partial charge in [-0.25, -0.2) is 0 Å². The third-order valence-electron chi connectivity index (χ3n) is 1.54. The second-order valence-corrected chi connectivity index (χ2v) is 3.49. The number of allylic oxidation sites excluding steroid dienone is 1. The predicted molar refractivity (Wildman–Crippen MR) is 49.8 cm³/mol. The van der Waals surface area contributed by atoms with E-state index in [0.717, 1.165) is 12.0 Å². The fourth-order valence-electron chi connectivity index (χ4n) is 0.926. The van der Waals surface area contributed by atoms with E-state index in [1.54, 1.807) is 18.2 Å². The monoisotopic (exact) mass is 181 g/mol. The van der Waals surface area contributed by atoms with Gasteiger partial charge in [0.1, 0.15) is 0 Å². The fourth-order valence-corrected chi connectivity index (χ4v) is 1.33. The van der Waals surface area contributed by atoms with Crippen LogP contribution in [0, 0.1) is 0 Å². The molecule has 12 heavy (non-hydrogen) atoms. The summed E-state index contributed by atoms with van der Waals surface area (Å²) in [6.45, 7) is 3.61. The third-order valence-corrected chi connectivity index (χ3v) is 2.28. The van der Waals surface area contributed by atoms with E-state index in [-0.39, 0.29) is 0 Å². The van der Waals surface area contributed by atoms with Crippen LogP contribution in [-0.2, 0) is 11.0 Å². The molecule has 0 saturated heterocycles. The standard InChI is InChI=1S/C9H9O2P/c1-2-3-8-4-6-9(7-5-8)12(10)11/h2,4-7H,1,3H2/p+1. The van der Waals surface area contributed by atoms with Gasteiger partial charge in [0.05, 0.1) is 0 Å². The Kier molecular flexibility index (Phi) is 3.15. The van der Waals surface area contributed by atoms with Crippen LogP contribution in [0.1, 0.15) is 5.56 Å². The van der Waals surface area contributed by atoms with Crippen molar-refractivity contribution in [2.75, 3.05) is 0 Å². The van der Waals surface area contributed by atoms with E-state index in [0.29, 0.717) is 5.30 Å². The van der Waals surface area contributed by atoms with Crippen LogP contribution in [0.25, 0.3) is 0 Å². The first-order valence-corrected chi connectivity index (χ1v) is 4.81. The van der Waals surface area contributed by atoms with Gasteiger partial charge in [0.15, 0.2) is 0 Å². The van der Waals surface area contributed by atoms with Crippen molar-refractivity contribution in [2.24, 2.45) is 0 Å². The molecule has 1 aromatic rings. The zero-order chi connectivity index (χ0) is 8.97. The lowest BCUT2D eigenvalue weighted by molar-refractivity contribution is 0.513. The normalized spacial score (nSPS) is 10.9. The van der Waals surface area contributed by atoms with Crippen LogP contribution in [0.15, 0.2) is 36.9 Å². The number of rotatable bonds is 3. The van der Waals surface area contributed by atoms with Crippen molar-refractivity contribution in [3.63, 3.8) is 0 Å². The van der Waals surface area contributed by atoms with Gasteiger partial charge in [-0.1, -0.05) is 18.2 Å². The van der Waals surface area contributed by atoms with Gasteiger partial charge in [0, 0.05) is 0 Å². The highest BCUT2D eigenvalue weighted by atomic mass is 31.1. The van der Waals surface area contributed by atoms with Crippen LogP contribution >= 0.6 is 8.03 Å². The molecule has 0 fully saturated rings. The van der Waals surface area contributed by atoms with Crippen molar-refractivity contribution in [1.29, 1.82) is 0 Å². The Morgan fingerprint density at radius 3 is 2.42 bits per heavy atom. The molecule has 1 aromatic carbocycles. The second-order valence-electron chi connectivity index (χ2n) is 2.43. The lowest BCUT2D eigenvalue weighted by Gasteiger charge is -1.92. The van der Waals surface area contributed by atoms with Gasteiger partial charge in [0.25, 0.3) is 0 Å². The Hall–Kier alpha value is -0.980. The third kappa shape index (κ3) is 2.26. The molecular formula is C9H10O2P+. The molecule has 0 bridgehead atoms. The molecule has 0 heterocycles. The molecule has 0 aliphatic rings. The Bertz CT molecular complexity index is 290. The van der Waals surface area contributed by atoms with E-state index in [2.05, 4.69) is 6.58 Å². The summed E-state index contributed by atoms with van der Waals surface area (Å²) in [6.07, 6.45) is 2.59. The molecule has 0 amide bonds. The Morgan fingerprint density at radius 1 is 1.42 bits per heavy atom. The van der Waals surface area contributed by atoms with E-state index in [1.807, 2.05) is 12.1 Å². The summed E-state index contributed by atoms with van der Waals surface area (Å²) in [5.74, 6) is 0. The van der Waals surface area contributed by atoms with Crippen molar-refractivity contribution >= 4 is 13.3 Å². The van der Waals surface area contributed by atoms with E-state index >= 15 is 0 Å². The minimum absolute atomic E-state index is 0.470. The van der Waals surface area contributed by atoms with Crippen molar-refractivity contribution in [3.05, 3.63) is 42.5 Å². The Morgan fingerprint density at radius 2 is 2.00 bits per heavy atom. The zero-order valence-electron chi connectivity index (χ0n) is 6.60. The van der Waals surface area contributed by atoms with Gasteiger partial charge in [-0.3, -0.25) is 0 Å². The molecule has 0 aromatic heterocycles. The molecule has 0 spiro atoms. The summed E-state index contributed by atoms with van der Waals surface area (Å²) in [5, 5.41) is 0.470. The Labute approximate surface area is 72.4 Å². The second kappa shape index (κ2) is 4.15. The molecule has 1 rings (SSSR count). The number of hydrogen-bond donors (Lipinski definition) is 1. The van der Waals surface area contributed by atoms with Gasteiger partial charge in [-0.2, -0.15) is 4.89 Å². The summed E-state index contributed by atoms with van der Waals surface area (Å²) in [4.78, 5) is 8.73. The van der Waals surface area contributed by atoms with Crippen LogP contribution in [0.2, 0.25) is 0 Å². The molecule has 0 radical (unpaired) electrons. The lowest BCUT2D eigenvalue weighted by atomic mass is 10.2. The van der Waals surface area contributed by atoms with Gasteiger partial charge in [-0.05, 0) is 28.7 Å². The van der Waals surface area contributed by atoms with Crippen LogP contribution in [0.4, 0.5) is 0 Å².